The van der Waals surface area contributed by atoms with Gasteiger partial charge < -0.3 is 9.84 Å². The van der Waals surface area contributed by atoms with Gasteiger partial charge in [0.15, 0.2) is 5.60 Å². The summed E-state index contributed by atoms with van der Waals surface area (Å²) in [5.74, 6) is -0.657. The minimum atomic E-state index is -1.53. The lowest BCUT2D eigenvalue weighted by Crippen LogP contribution is -2.49. The van der Waals surface area contributed by atoms with Crippen molar-refractivity contribution < 1.29 is 14.6 Å². The highest BCUT2D eigenvalue weighted by Crippen LogP contribution is 2.11. The Morgan fingerprint density at radius 1 is 1.62 bits per heavy atom. The molecular weight excluding hydrogens is 208 g/mol. The first-order valence-corrected chi connectivity index (χ1v) is 5.27. The fourth-order valence-corrected chi connectivity index (χ4v) is 1.39. The lowest BCUT2D eigenvalue weighted by molar-refractivity contribution is -0.162. The van der Waals surface area contributed by atoms with Crippen molar-refractivity contribution in [3.05, 3.63) is 0 Å². The van der Waals surface area contributed by atoms with Crippen LogP contribution in [-0.2, 0) is 9.53 Å². The Labute approximate surface area is 96.6 Å². The Balaban J connectivity index is 4.50. The maximum atomic E-state index is 11.3. The van der Waals surface area contributed by atoms with Gasteiger partial charge in [0.2, 0.25) is 0 Å². The third kappa shape index (κ3) is 4.60. The van der Waals surface area contributed by atoms with Crippen molar-refractivity contribution in [2.24, 2.45) is 0 Å². The predicted octanol–water partition coefficient (Wildman–Crippen LogP) is 0.534. The maximum absolute atomic E-state index is 11.3. The van der Waals surface area contributed by atoms with Crippen molar-refractivity contribution >= 4 is 5.97 Å². The van der Waals surface area contributed by atoms with Gasteiger partial charge in [-0.05, 0) is 20.8 Å². The standard InChI is InChI=1S/C11H20N2O3/c1-9(2)13(7-5-6-12)8-11(3,15)10(14)16-4/h9,15H,5,7-8H2,1-4H3. The number of rotatable bonds is 6. The zero-order chi connectivity index (χ0) is 12.8. The molecule has 92 valence electrons. The largest absolute Gasteiger partial charge is 0.467 e. The van der Waals surface area contributed by atoms with E-state index in [2.05, 4.69) is 4.74 Å². The first-order chi connectivity index (χ1) is 7.35. The van der Waals surface area contributed by atoms with Gasteiger partial charge in [-0.15, -0.1) is 0 Å². The molecule has 1 atom stereocenters. The molecule has 0 saturated carbocycles. The summed E-state index contributed by atoms with van der Waals surface area (Å²) in [5, 5.41) is 18.4. The van der Waals surface area contributed by atoms with Crippen LogP contribution in [0.25, 0.3) is 0 Å². The summed E-state index contributed by atoms with van der Waals surface area (Å²) in [6.07, 6.45) is 0.370. The van der Waals surface area contributed by atoms with Crippen LogP contribution in [0.15, 0.2) is 0 Å². The molecule has 1 unspecified atom stereocenters. The number of carbonyl (C=O) groups excluding carboxylic acids is 1. The summed E-state index contributed by atoms with van der Waals surface area (Å²) in [4.78, 5) is 13.2. The molecule has 5 heteroatoms. The Bertz CT molecular complexity index is 269. The minimum absolute atomic E-state index is 0.157. The molecule has 0 amide bonds. The van der Waals surface area contributed by atoms with Crippen LogP contribution in [0, 0.1) is 11.3 Å². The second-order valence-electron chi connectivity index (χ2n) is 4.24. The van der Waals surface area contributed by atoms with Gasteiger partial charge in [0.05, 0.1) is 13.2 Å². The van der Waals surface area contributed by atoms with Crippen LogP contribution in [-0.4, -0.2) is 47.8 Å². The van der Waals surface area contributed by atoms with Gasteiger partial charge in [0.25, 0.3) is 0 Å². The van der Waals surface area contributed by atoms with Gasteiger partial charge in [-0.25, -0.2) is 4.79 Å². The van der Waals surface area contributed by atoms with E-state index in [4.69, 9.17) is 5.26 Å². The van der Waals surface area contributed by atoms with Crippen LogP contribution in [0.3, 0.4) is 0 Å². The summed E-state index contributed by atoms with van der Waals surface area (Å²) in [5.41, 5.74) is -1.53. The van der Waals surface area contributed by atoms with E-state index in [1.807, 2.05) is 24.8 Å². The molecule has 0 aromatic rings. The van der Waals surface area contributed by atoms with E-state index in [1.165, 1.54) is 14.0 Å². The third-order valence-electron chi connectivity index (χ3n) is 2.38. The highest BCUT2D eigenvalue weighted by atomic mass is 16.5. The summed E-state index contributed by atoms with van der Waals surface area (Å²) >= 11 is 0. The van der Waals surface area contributed by atoms with Crippen molar-refractivity contribution in [3.8, 4) is 6.07 Å². The zero-order valence-electron chi connectivity index (χ0n) is 10.4. The Kier molecular flexibility index (Phi) is 6.01. The molecule has 0 saturated heterocycles. The number of carbonyl (C=O) groups is 1. The SMILES string of the molecule is COC(=O)C(C)(O)CN(CCC#N)C(C)C. The zero-order valence-corrected chi connectivity index (χ0v) is 10.4. The number of hydrogen-bond acceptors (Lipinski definition) is 5. The van der Waals surface area contributed by atoms with Crippen LogP contribution in [0.4, 0.5) is 0 Å². The normalized spacial score (nSPS) is 14.6. The van der Waals surface area contributed by atoms with Gasteiger partial charge in [-0.2, -0.15) is 5.26 Å². The van der Waals surface area contributed by atoms with E-state index in [1.54, 1.807) is 0 Å². The summed E-state index contributed by atoms with van der Waals surface area (Å²) in [6, 6.07) is 2.20. The maximum Gasteiger partial charge on any atom is 0.338 e. The molecule has 1 N–H and O–H groups in total. The number of aliphatic hydroxyl groups is 1. The van der Waals surface area contributed by atoms with Gasteiger partial charge in [0, 0.05) is 25.6 Å². The second kappa shape index (κ2) is 6.46. The van der Waals surface area contributed by atoms with Crippen LogP contribution < -0.4 is 0 Å². The third-order valence-corrected chi connectivity index (χ3v) is 2.38. The Morgan fingerprint density at radius 2 is 2.19 bits per heavy atom. The van der Waals surface area contributed by atoms with Gasteiger partial charge >= 0.3 is 5.97 Å². The fourth-order valence-electron chi connectivity index (χ4n) is 1.39. The lowest BCUT2D eigenvalue weighted by Gasteiger charge is -2.31. The molecule has 0 radical (unpaired) electrons. The summed E-state index contributed by atoms with van der Waals surface area (Å²) in [7, 11) is 1.24. The summed E-state index contributed by atoms with van der Waals surface area (Å²) < 4.78 is 4.52. The van der Waals surface area contributed by atoms with E-state index in [-0.39, 0.29) is 12.6 Å². The van der Waals surface area contributed by atoms with Crippen LogP contribution in [0.2, 0.25) is 0 Å². The lowest BCUT2D eigenvalue weighted by atomic mass is 10.1. The molecule has 0 fully saturated rings. The number of ether oxygens (including phenoxy) is 1. The fraction of sp³-hybridized carbons (Fsp3) is 0.818. The Morgan fingerprint density at radius 3 is 2.56 bits per heavy atom. The average molecular weight is 228 g/mol. The highest BCUT2D eigenvalue weighted by Gasteiger charge is 2.34. The van der Waals surface area contributed by atoms with Crippen molar-refractivity contribution in [1.82, 2.24) is 4.90 Å². The molecule has 0 aromatic heterocycles. The smallest absolute Gasteiger partial charge is 0.338 e. The van der Waals surface area contributed by atoms with E-state index in [0.717, 1.165) is 0 Å². The number of hydrogen-bond donors (Lipinski definition) is 1. The van der Waals surface area contributed by atoms with Crippen molar-refractivity contribution in [1.29, 1.82) is 5.26 Å². The van der Waals surface area contributed by atoms with Crippen LogP contribution in [0.1, 0.15) is 27.2 Å². The molecule has 0 aliphatic heterocycles. The second-order valence-corrected chi connectivity index (χ2v) is 4.24. The molecule has 0 spiro atoms. The Hall–Kier alpha value is -1.12. The molecular formula is C11H20N2O3. The topological polar surface area (TPSA) is 73.6 Å². The van der Waals surface area contributed by atoms with Gasteiger partial charge in [-0.3, -0.25) is 4.90 Å². The monoisotopic (exact) mass is 228 g/mol. The van der Waals surface area contributed by atoms with Crippen molar-refractivity contribution in [2.45, 2.75) is 38.8 Å². The predicted molar refractivity (Wildman–Crippen MR) is 59.6 cm³/mol. The van der Waals surface area contributed by atoms with E-state index < -0.39 is 11.6 Å². The molecule has 0 aliphatic rings. The van der Waals surface area contributed by atoms with Crippen LogP contribution >= 0.6 is 0 Å². The first-order valence-electron chi connectivity index (χ1n) is 5.27. The number of nitriles is 1. The molecule has 0 bridgehead atoms. The molecule has 0 rings (SSSR count). The number of methoxy groups -OCH3 is 1. The van der Waals surface area contributed by atoms with Crippen molar-refractivity contribution in [2.75, 3.05) is 20.2 Å². The quantitative estimate of drug-likeness (QED) is 0.671. The summed E-state index contributed by atoms with van der Waals surface area (Å²) in [6.45, 7) is 6.01. The van der Waals surface area contributed by atoms with Gasteiger partial charge in [-0.1, -0.05) is 0 Å². The molecule has 0 heterocycles. The molecule has 0 aromatic carbocycles. The molecule has 5 nitrogen and oxygen atoms in total. The van der Waals surface area contributed by atoms with Gasteiger partial charge in [0.1, 0.15) is 0 Å². The molecule has 0 aliphatic carbocycles. The minimum Gasteiger partial charge on any atom is -0.467 e. The van der Waals surface area contributed by atoms with Crippen LogP contribution in [0.5, 0.6) is 0 Å². The van der Waals surface area contributed by atoms with E-state index >= 15 is 0 Å². The number of esters is 1. The number of nitrogens with zero attached hydrogens (tertiary/aromatic N) is 2. The first kappa shape index (κ1) is 14.9. The van der Waals surface area contributed by atoms with E-state index in [0.29, 0.717) is 13.0 Å². The highest BCUT2D eigenvalue weighted by molar-refractivity contribution is 5.78. The molecule has 16 heavy (non-hydrogen) atoms. The van der Waals surface area contributed by atoms with Crippen molar-refractivity contribution in [3.63, 3.8) is 0 Å². The average Bonchev–Trinajstić information content (AvgIpc) is 2.22. The van der Waals surface area contributed by atoms with E-state index in [9.17, 15) is 9.90 Å².